The highest BCUT2D eigenvalue weighted by Gasteiger charge is 2.35. The molecule has 0 bridgehead atoms. The van der Waals surface area contributed by atoms with E-state index >= 15 is 0 Å². The Morgan fingerprint density at radius 3 is 2.59 bits per heavy atom. The topological polar surface area (TPSA) is 97.5 Å². The zero-order chi connectivity index (χ0) is 23.6. The number of allylic oxidation sites excluding steroid dienone is 1. The fourth-order valence-electron chi connectivity index (χ4n) is 3.75. The molecule has 1 aliphatic heterocycles. The fraction of sp³-hybridized carbons (Fsp3) is 0.429. The third-order valence-electron chi connectivity index (χ3n) is 5.69. The van der Waals surface area contributed by atoms with Gasteiger partial charge in [0, 0.05) is 26.2 Å². The van der Waals surface area contributed by atoms with Gasteiger partial charge in [-0.3, -0.25) is 9.78 Å². The Morgan fingerprint density at radius 2 is 2.00 bits per heavy atom. The van der Waals surface area contributed by atoms with Crippen molar-refractivity contribution in [3.8, 4) is 0 Å². The molecule has 0 saturated carbocycles. The molecule has 3 heterocycles. The maximum atomic E-state index is 13.1. The lowest BCUT2D eigenvalue weighted by molar-refractivity contribution is 0.223. The van der Waals surface area contributed by atoms with Gasteiger partial charge in [-0.25, -0.2) is 22.5 Å². The predicted octanol–water partition coefficient (Wildman–Crippen LogP) is 2.94. The minimum absolute atomic E-state index is 0.0220. The molecule has 0 N–H and O–H groups in total. The van der Waals surface area contributed by atoms with Crippen LogP contribution in [0.15, 0.2) is 56.0 Å². The first-order valence-corrected chi connectivity index (χ1v) is 11.9. The summed E-state index contributed by atoms with van der Waals surface area (Å²) >= 11 is 6.47. The summed E-state index contributed by atoms with van der Waals surface area (Å²) in [7, 11) is -2.36. The summed E-state index contributed by atoms with van der Waals surface area (Å²) < 4.78 is 41.5. The van der Waals surface area contributed by atoms with E-state index in [-0.39, 0.29) is 29.8 Å². The van der Waals surface area contributed by atoms with Crippen LogP contribution in [0, 0.1) is 17.7 Å². The highest BCUT2D eigenvalue weighted by molar-refractivity contribution is 7.89. The third kappa shape index (κ3) is 5.13. The first-order chi connectivity index (χ1) is 15.0. The SMILES string of the molecule is C/C(=C(Cl)\N=C(/C)c1ccc(F)cn1)[C@@H]1CCN(S(=O)(=O)c2cnn(C)c(=O)c2)C[C@@H]1C. The van der Waals surface area contributed by atoms with Crippen LogP contribution in [0.5, 0.6) is 0 Å². The molecule has 0 radical (unpaired) electrons. The highest BCUT2D eigenvalue weighted by Crippen LogP contribution is 2.34. The molecule has 32 heavy (non-hydrogen) atoms. The summed E-state index contributed by atoms with van der Waals surface area (Å²) in [6, 6.07) is 3.93. The van der Waals surface area contributed by atoms with Crippen molar-refractivity contribution in [1.82, 2.24) is 19.1 Å². The number of aliphatic imine (C=N–C) groups is 1. The molecule has 0 aromatic carbocycles. The van der Waals surface area contributed by atoms with Crippen LogP contribution < -0.4 is 5.56 Å². The van der Waals surface area contributed by atoms with E-state index in [4.69, 9.17) is 11.6 Å². The van der Waals surface area contributed by atoms with Gasteiger partial charge in [-0.1, -0.05) is 18.5 Å². The lowest BCUT2D eigenvalue weighted by atomic mass is 9.83. The van der Waals surface area contributed by atoms with Crippen LogP contribution in [-0.4, -0.2) is 46.3 Å². The number of nitrogens with zero attached hydrogens (tertiary/aromatic N) is 5. The molecule has 0 unspecified atom stereocenters. The maximum absolute atomic E-state index is 13.1. The van der Waals surface area contributed by atoms with Gasteiger partial charge in [0.05, 0.1) is 23.8 Å². The average Bonchev–Trinajstić information content (AvgIpc) is 2.75. The number of sulfonamides is 1. The molecule has 1 saturated heterocycles. The molecule has 1 aliphatic rings. The molecule has 3 rings (SSSR count). The van der Waals surface area contributed by atoms with Crippen LogP contribution in [0.3, 0.4) is 0 Å². The Labute approximate surface area is 191 Å². The summed E-state index contributed by atoms with van der Waals surface area (Å²) in [4.78, 5) is 20.1. The van der Waals surface area contributed by atoms with Crippen LogP contribution in [0.1, 0.15) is 32.9 Å². The van der Waals surface area contributed by atoms with Crippen molar-refractivity contribution in [2.45, 2.75) is 32.1 Å². The minimum atomic E-state index is -3.82. The standard InChI is InChI=1S/C21H25ClFN5O3S/c1-13-12-28(32(30,31)17-9-20(29)27(4)25-11-17)8-7-18(13)14(2)21(22)26-15(3)19-6-5-16(23)10-24-19/h5-6,9-11,13,18H,7-8,12H2,1-4H3/b21-14+,26-15+/t13-,18+/m0/s1. The van der Waals surface area contributed by atoms with Gasteiger partial charge in [-0.2, -0.15) is 9.40 Å². The summed E-state index contributed by atoms with van der Waals surface area (Å²) in [5.41, 5.74) is 1.45. The lowest BCUT2D eigenvalue weighted by Crippen LogP contribution is -2.43. The quantitative estimate of drug-likeness (QED) is 0.483. The van der Waals surface area contributed by atoms with Gasteiger partial charge in [0.25, 0.3) is 5.56 Å². The molecule has 0 spiro atoms. The Bertz CT molecular complexity index is 1220. The monoisotopic (exact) mass is 481 g/mol. The van der Waals surface area contributed by atoms with Crippen molar-refractivity contribution in [1.29, 1.82) is 0 Å². The van der Waals surface area contributed by atoms with Crippen molar-refractivity contribution in [3.05, 3.63) is 63.2 Å². The predicted molar refractivity (Wildman–Crippen MR) is 120 cm³/mol. The first-order valence-electron chi connectivity index (χ1n) is 10.1. The first kappa shape index (κ1) is 24.2. The zero-order valence-electron chi connectivity index (χ0n) is 18.3. The Hall–Kier alpha value is -2.43. The molecule has 2 atom stereocenters. The molecule has 2 aromatic rings. The van der Waals surface area contributed by atoms with E-state index < -0.39 is 21.4 Å². The van der Waals surface area contributed by atoms with Gasteiger partial charge in [-0.05, 0) is 49.8 Å². The summed E-state index contributed by atoms with van der Waals surface area (Å²) in [6.45, 7) is 6.16. The van der Waals surface area contributed by atoms with E-state index in [1.54, 1.807) is 6.92 Å². The van der Waals surface area contributed by atoms with E-state index in [0.717, 1.165) is 22.5 Å². The van der Waals surface area contributed by atoms with Crippen molar-refractivity contribution in [2.75, 3.05) is 13.1 Å². The van der Waals surface area contributed by atoms with E-state index in [1.165, 1.54) is 29.7 Å². The van der Waals surface area contributed by atoms with Gasteiger partial charge in [0.1, 0.15) is 15.9 Å². The molecule has 0 aliphatic carbocycles. The van der Waals surface area contributed by atoms with Gasteiger partial charge in [0.2, 0.25) is 10.0 Å². The largest absolute Gasteiger partial charge is 0.268 e. The molecule has 1 fully saturated rings. The second-order valence-corrected chi connectivity index (χ2v) is 10.2. The van der Waals surface area contributed by atoms with Gasteiger partial charge < -0.3 is 0 Å². The van der Waals surface area contributed by atoms with E-state index in [1.807, 2.05) is 13.8 Å². The van der Waals surface area contributed by atoms with Gasteiger partial charge >= 0.3 is 0 Å². The number of piperidine rings is 1. The van der Waals surface area contributed by atoms with Crippen molar-refractivity contribution in [2.24, 2.45) is 23.9 Å². The smallest absolute Gasteiger partial charge is 0.267 e. The summed E-state index contributed by atoms with van der Waals surface area (Å²) in [5.74, 6) is -0.416. The molecular weight excluding hydrogens is 457 g/mol. The summed E-state index contributed by atoms with van der Waals surface area (Å²) in [5, 5.41) is 4.13. The average molecular weight is 482 g/mol. The Balaban J connectivity index is 1.78. The van der Waals surface area contributed by atoms with Crippen LogP contribution in [0.2, 0.25) is 0 Å². The molecular formula is C21H25ClFN5O3S. The number of hydrogen-bond donors (Lipinski definition) is 0. The van der Waals surface area contributed by atoms with Crippen molar-refractivity contribution >= 4 is 27.3 Å². The minimum Gasteiger partial charge on any atom is -0.268 e. The van der Waals surface area contributed by atoms with Crippen LogP contribution >= 0.6 is 11.6 Å². The number of hydrogen-bond acceptors (Lipinski definition) is 6. The number of pyridine rings is 1. The fourth-order valence-corrected chi connectivity index (χ4v) is 5.52. The second kappa shape index (κ2) is 9.60. The molecule has 11 heteroatoms. The highest BCUT2D eigenvalue weighted by atomic mass is 35.5. The van der Waals surface area contributed by atoms with Crippen molar-refractivity contribution < 1.29 is 12.8 Å². The Morgan fingerprint density at radius 1 is 1.28 bits per heavy atom. The molecule has 2 aromatic heterocycles. The van der Waals surface area contributed by atoms with Gasteiger partial charge in [-0.15, -0.1) is 0 Å². The molecule has 8 nitrogen and oxygen atoms in total. The van der Waals surface area contributed by atoms with E-state index in [2.05, 4.69) is 15.1 Å². The van der Waals surface area contributed by atoms with E-state index in [0.29, 0.717) is 23.0 Å². The maximum Gasteiger partial charge on any atom is 0.267 e. The van der Waals surface area contributed by atoms with Crippen molar-refractivity contribution in [3.63, 3.8) is 0 Å². The van der Waals surface area contributed by atoms with Gasteiger partial charge in [0.15, 0.2) is 0 Å². The number of halogens is 2. The zero-order valence-corrected chi connectivity index (χ0v) is 19.9. The second-order valence-electron chi connectivity index (χ2n) is 7.92. The van der Waals surface area contributed by atoms with Crippen LogP contribution in [0.4, 0.5) is 4.39 Å². The Kier molecular flexibility index (Phi) is 7.26. The molecule has 0 amide bonds. The third-order valence-corrected chi connectivity index (χ3v) is 7.91. The van der Waals surface area contributed by atoms with E-state index in [9.17, 15) is 17.6 Å². The summed E-state index contributed by atoms with van der Waals surface area (Å²) in [6.07, 6.45) is 2.87. The normalized spacial score (nSPS) is 21.4. The molecule has 172 valence electrons. The van der Waals surface area contributed by atoms with Crippen LogP contribution in [-0.2, 0) is 17.1 Å². The number of aryl methyl sites for hydroxylation is 1. The number of aromatic nitrogens is 3. The lowest BCUT2D eigenvalue weighted by Gasteiger charge is -2.36. The van der Waals surface area contributed by atoms with Crippen LogP contribution in [0.25, 0.3) is 0 Å². The number of rotatable bonds is 5.